The van der Waals surface area contributed by atoms with Crippen molar-refractivity contribution < 1.29 is 4.79 Å². The second-order valence-electron chi connectivity index (χ2n) is 6.08. The number of fused-ring (bicyclic) bond motifs is 1. The van der Waals surface area contributed by atoms with Gasteiger partial charge in [-0.15, -0.1) is 0 Å². The van der Waals surface area contributed by atoms with Crippen LogP contribution >= 0.6 is 11.3 Å². The fourth-order valence-corrected chi connectivity index (χ4v) is 4.25. The van der Waals surface area contributed by atoms with Crippen molar-refractivity contribution in [2.24, 2.45) is 18.0 Å². The van der Waals surface area contributed by atoms with Crippen LogP contribution in [0.1, 0.15) is 43.2 Å². The Morgan fingerprint density at radius 3 is 2.67 bits per heavy atom. The molecule has 3 nitrogen and oxygen atoms in total. The summed E-state index contributed by atoms with van der Waals surface area (Å²) in [5, 5.41) is 0. The molecule has 0 aliphatic heterocycles. The minimum Gasteiger partial charge on any atom is -0.319 e. The van der Waals surface area contributed by atoms with Crippen LogP contribution in [-0.2, 0) is 11.8 Å². The third-order valence-electron chi connectivity index (χ3n) is 4.65. The zero-order valence-electron chi connectivity index (χ0n) is 13.0. The van der Waals surface area contributed by atoms with Crippen LogP contribution in [-0.4, -0.2) is 10.5 Å². The van der Waals surface area contributed by atoms with E-state index in [1.807, 2.05) is 7.05 Å². The maximum absolute atomic E-state index is 12.4. The van der Waals surface area contributed by atoms with E-state index in [2.05, 4.69) is 35.5 Å². The molecule has 0 spiro atoms. The van der Waals surface area contributed by atoms with Crippen LogP contribution in [0.4, 0.5) is 0 Å². The molecular formula is C17H22N2OS. The van der Waals surface area contributed by atoms with E-state index >= 15 is 0 Å². The van der Waals surface area contributed by atoms with E-state index in [0.29, 0.717) is 0 Å². The summed E-state index contributed by atoms with van der Waals surface area (Å²) in [5.41, 5.74) is 3.76. The summed E-state index contributed by atoms with van der Waals surface area (Å²) in [6.45, 7) is 4.26. The quantitative estimate of drug-likeness (QED) is 0.787. The van der Waals surface area contributed by atoms with Gasteiger partial charge in [0, 0.05) is 13.0 Å². The number of hydrogen-bond acceptors (Lipinski definition) is 2. The molecule has 1 aromatic carbocycles. The average Bonchev–Trinajstić information content (AvgIpc) is 2.81. The third-order valence-corrected chi connectivity index (χ3v) is 5.75. The highest BCUT2D eigenvalue weighted by atomic mass is 32.1. The summed E-state index contributed by atoms with van der Waals surface area (Å²) in [6, 6.07) is 4.27. The minimum atomic E-state index is 0.0752. The highest BCUT2D eigenvalue weighted by molar-refractivity contribution is 7.16. The maximum atomic E-state index is 12.4. The van der Waals surface area contributed by atoms with Gasteiger partial charge in [-0.25, -0.2) is 0 Å². The van der Waals surface area contributed by atoms with Crippen LogP contribution in [0.3, 0.4) is 0 Å². The third kappa shape index (κ3) is 2.69. The molecule has 21 heavy (non-hydrogen) atoms. The predicted molar refractivity (Wildman–Crippen MR) is 87.4 cm³/mol. The summed E-state index contributed by atoms with van der Waals surface area (Å²) < 4.78 is 3.28. The van der Waals surface area contributed by atoms with Gasteiger partial charge in [-0.3, -0.25) is 4.79 Å². The lowest BCUT2D eigenvalue weighted by molar-refractivity contribution is -0.122. The Balaban J connectivity index is 2.04. The lowest BCUT2D eigenvalue weighted by atomic mass is 9.89. The topological polar surface area (TPSA) is 34.4 Å². The Morgan fingerprint density at radius 1 is 1.24 bits per heavy atom. The fraction of sp³-hybridized carbons (Fsp3) is 0.529. The van der Waals surface area contributed by atoms with Crippen LogP contribution < -0.4 is 4.80 Å². The lowest BCUT2D eigenvalue weighted by Crippen LogP contribution is -2.20. The van der Waals surface area contributed by atoms with Gasteiger partial charge in [-0.1, -0.05) is 36.7 Å². The van der Waals surface area contributed by atoms with Gasteiger partial charge in [0.15, 0.2) is 4.80 Å². The van der Waals surface area contributed by atoms with Gasteiger partial charge in [0.1, 0.15) is 0 Å². The van der Waals surface area contributed by atoms with E-state index in [1.54, 1.807) is 11.3 Å². The van der Waals surface area contributed by atoms with E-state index < -0.39 is 0 Å². The van der Waals surface area contributed by atoms with Gasteiger partial charge < -0.3 is 4.57 Å². The SMILES string of the molecule is Cc1ccc2sc(=NC(=O)C3CCCCC3)n(C)c2c1C. The molecular weight excluding hydrogens is 280 g/mol. The number of nitrogens with zero attached hydrogens (tertiary/aromatic N) is 2. The smallest absolute Gasteiger partial charge is 0.251 e. The Morgan fingerprint density at radius 2 is 1.95 bits per heavy atom. The van der Waals surface area contributed by atoms with Crippen molar-refractivity contribution >= 4 is 27.5 Å². The van der Waals surface area contributed by atoms with Crippen LogP contribution in [0.2, 0.25) is 0 Å². The number of amides is 1. The second-order valence-corrected chi connectivity index (χ2v) is 7.09. The molecule has 0 atom stereocenters. The van der Waals surface area contributed by atoms with Crippen molar-refractivity contribution in [3.8, 4) is 0 Å². The zero-order chi connectivity index (χ0) is 15.0. The van der Waals surface area contributed by atoms with Crippen LogP contribution in [0.25, 0.3) is 10.2 Å². The largest absolute Gasteiger partial charge is 0.319 e. The monoisotopic (exact) mass is 302 g/mol. The molecule has 4 heteroatoms. The van der Waals surface area contributed by atoms with Crippen LogP contribution in [0.5, 0.6) is 0 Å². The molecule has 112 valence electrons. The molecule has 1 fully saturated rings. The number of carbonyl (C=O) groups is 1. The van der Waals surface area contributed by atoms with Crippen molar-refractivity contribution in [3.63, 3.8) is 0 Å². The molecule has 1 aliphatic rings. The number of aromatic nitrogens is 1. The van der Waals surface area contributed by atoms with Gasteiger partial charge in [-0.05, 0) is 43.9 Å². The number of benzene rings is 1. The van der Waals surface area contributed by atoms with Crippen molar-refractivity contribution in [1.29, 1.82) is 0 Å². The Labute approximate surface area is 129 Å². The molecule has 1 aliphatic carbocycles. The minimum absolute atomic E-state index is 0.0752. The van der Waals surface area contributed by atoms with Crippen molar-refractivity contribution in [1.82, 2.24) is 4.57 Å². The van der Waals surface area contributed by atoms with Gasteiger partial charge in [-0.2, -0.15) is 4.99 Å². The Hall–Kier alpha value is -1.42. The van der Waals surface area contributed by atoms with Gasteiger partial charge in [0.05, 0.1) is 10.2 Å². The van der Waals surface area contributed by atoms with Crippen molar-refractivity contribution in [2.75, 3.05) is 0 Å². The first-order valence-electron chi connectivity index (χ1n) is 7.72. The number of thiazole rings is 1. The predicted octanol–water partition coefficient (Wildman–Crippen LogP) is 3.86. The summed E-state index contributed by atoms with van der Waals surface area (Å²) in [4.78, 5) is 17.6. The van der Waals surface area contributed by atoms with Crippen molar-refractivity contribution in [3.05, 3.63) is 28.1 Å². The highest BCUT2D eigenvalue weighted by Gasteiger charge is 2.21. The summed E-state index contributed by atoms with van der Waals surface area (Å²) in [6.07, 6.45) is 5.62. The summed E-state index contributed by atoms with van der Waals surface area (Å²) in [7, 11) is 2.01. The van der Waals surface area contributed by atoms with E-state index in [4.69, 9.17) is 0 Å². The lowest BCUT2D eigenvalue weighted by Gasteiger charge is -2.17. The van der Waals surface area contributed by atoms with Gasteiger partial charge in [0.25, 0.3) is 5.91 Å². The summed E-state index contributed by atoms with van der Waals surface area (Å²) in [5.74, 6) is 0.220. The first-order chi connectivity index (χ1) is 10.1. The van der Waals surface area contributed by atoms with Crippen LogP contribution in [0, 0.1) is 19.8 Å². The molecule has 0 N–H and O–H groups in total. The first kappa shape index (κ1) is 14.5. The van der Waals surface area contributed by atoms with E-state index in [1.165, 1.54) is 40.6 Å². The molecule has 1 amide bonds. The normalized spacial score (nSPS) is 17.6. The van der Waals surface area contributed by atoms with Crippen molar-refractivity contribution in [2.45, 2.75) is 46.0 Å². The molecule has 1 saturated carbocycles. The molecule has 0 unspecified atom stereocenters. The number of hydrogen-bond donors (Lipinski definition) is 0. The molecule has 0 saturated heterocycles. The standard InChI is InChI=1S/C17H22N2OS/c1-11-9-10-14-15(12(11)2)19(3)17(21-14)18-16(20)13-7-5-4-6-8-13/h9-10,13H,4-8H2,1-3H3. The Bertz CT molecular complexity index is 748. The van der Waals surface area contributed by atoms with Crippen LogP contribution in [0.15, 0.2) is 17.1 Å². The molecule has 2 aromatic rings. The summed E-state index contributed by atoms with van der Waals surface area (Å²) >= 11 is 1.61. The van der Waals surface area contributed by atoms with E-state index in [9.17, 15) is 4.79 Å². The Kier molecular flexibility index (Phi) is 3.98. The zero-order valence-corrected chi connectivity index (χ0v) is 13.8. The van der Waals surface area contributed by atoms with E-state index in [0.717, 1.165) is 17.6 Å². The average molecular weight is 302 g/mol. The van der Waals surface area contributed by atoms with E-state index in [-0.39, 0.29) is 11.8 Å². The molecule has 1 aromatic heterocycles. The molecule has 1 heterocycles. The molecule has 3 rings (SSSR count). The first-order valence-corrected chi connectivity index (χ1v) is 8.54. The number of carbonyl (C=O) groups excluding carboxylic acids is 1. The number of rotatable bonds is 1. The number of aryl methyl sites for hydroxylation is 3. The maximum Gasteiger partial charge on any atom is 0.251 e. The van der Waals surface area contributed by atoms with Gasteiger partial charge >= 0.3 is 0 Å². The fourth-order valence-electron chi connectivity index (χ4n) is 3.17. The molecule has 0 bridgehead atoms. The van der Waals surface area contributed by atoms with Gasteiger partial charge in [0.2, 0.25) is 0 Å². The highest BCUT2D eigenvalue weighted by Crippen LogP contribution is 2.25. The second kappa shape index (κ2) is 5.76. The molecule has 0 radical (unpaired) electrons.